The van der Waals surface area contributed by atoms with Gasteiger partial charge in [-0.1, -0.05) is 48.2 Å². The van der Waals surface area contributed by atoms with Gasteiger partial charge in [0, 0.05) is 16.9 Å². The molecule has 4 rings (SSSR count). The van der Waals surface area contributed by atoms with Gasteiger partial charge in [-0.15, -0.1) is 10.2 Å². The van der Waals surface area contributed by atoms with Gasteiger partial charge in [-0.05, 0) is 42.5 Å². The van der Waals surface area contributed by atoms with Crippen LogP contribution in [0.1, 0.15) is 5.56 Å². The molecule has 0 unspecified atom stereocenters. The number of alkyl halides is 3. The molecule has 0 atom stereocenters. The van der Waals surface area contributed by atoms with E-state index in [1.54, 1.807) is 7.11 Å². The number of ether oxygens (including phenoxy) is 1. The molecule has 34 heavy (non-hydrogen) atoms. The molecule has 0 spiro atoms. The Hall–Kier alpha value is -3.79. The predicted octanol–water partition coefficient (Wildman–Crippen LogP) is 5.69. The predicted molar refractivity (Wildman–Crippen MR) is 124 cm³/mol. The Morgan fingerprint density at radius 3 is 2.50 bits per heavy atom. The van der Waals surface area contributed by atoms with Crippen LogP contribution in [0.3, 0.4) is 0 Å². The van der Waals surface area contributed by atoms with Crippen LogP contribution in [0.15, 0.2) is 84.0 Å². The molecule has 6 nitrogen and oxygen atoms in total. The maximum atomic E-state index is 12.9. The number of nitrogens with zero attached hydrogens (tertiary/aromatic N) is 3. The summed E-state index contributed by atoms with van der Waals surface area (Å²) >= 11 is 1.13. The van der Waals surface area contributed by atoms with E-state index in [-0.39, 0.29) is 11.4 Å². The average Bonchev–Trinajstić information content (AvgIpc) is 3.27. The maximum Gasteiger partial charge on any atom is 0.416 e. The molecule has 0 fully saturated rings. The molecule has 1 aromatic heterocycles. The number of thioether (sulfide) groups is 1. The molecule has 4 aromatic rings. The van der Waals surface area contributed by atoms with Crippen molar-refractivity contribution in [1.82, 2.24) is 14.8 Å². The number of para-hydroxylation sites is 1. The first kappa shape index (κ1) is 23.4. The first-order chi connectivity index (χ1) is 16.3. The number of benzene rings is 3. The molecule has 0 saturated heterocycles. The van der Waals surface area contributed by atoms with Crippen LogP contribution in [0.4, 0.5) is 18.9 Å². The highest BCUT2D eigenvalue weighted by molar-refractivity contribution is 7.99. The summed E-state index contributed by atoms with van der Waals surface area (Å²) in [4.78, 5) is 12.5. The third-order valence-electron chi connectivity index (χ3n) is 4.78. The third-order valence-corrected chi connectivity index (χ3v) is 5.71. The third kappa shape index (κ3) is 5.40. The molecule has 0 aliphatic heterocycles. The van der Waals surface area contributed by atoms with Gasteiger partial charge in [0.2, 0.25) is 5.91 Å². The second-order valence-corrected chi connectivity index (χ2v) is 8.07. The molecule has 0 aliphatic carbocycles. The van der Waals surface area contributed by atoms with Crippen LogP contribution in [0.2, 0.25) is 0 Å². The van der Waals surface area contributed by atoms with E-state index in [0.29, 0.717) is 16.7 Å². The summed E-state index contributed by atoms with van der Waals surface area (Å²) in [6.45, 7) is 0. The monoisotopic (exact) mass is 484 g/mol. The average molecular weight is 485 g/mol. The van der Waals surface area contributed by atoms with Crippen LogP contribution in [0, 0.1) is 0 Å². The zero-order valence-corrected chi connectivity index (χ0v) is 18.7. The quantitative estimate of drug-likeness (QED) is 0.341. The fourth-order valence-electron chi connectivity index (χ4n) is 3.22. The summed E-state index contributed by atoms with van der Waals surface area (Å²) in [5.74, 6) is 0.690. The van der Waals surface area contributed by atoms with Crippen molar-refractivity contribution in [3.05, 3.63) is 84.4 Å². The van der Waals surface area contributed by atoms with Gasteiger partial charge in [-0.2, -0.15) is 13.2 Å². The van der Waals surface area contributed by atoms with Gasteiger partial charge in [0.15, 0.2) is 11.0 Å². The summed E-state index contributed by atoms with van der Waals surface area (Å²) in [7, 11) is 1.57. The normalized spacial score (nSPS) is 11.3. The number of rotatable bonds is 7. The van der Waals surface area contributed by atoms with Crippen molar-refractivity contribution in [3.8, 4) is 22.8 Å². The maximum absolute atomic E-state index is 12.9. The van der Waals surface area contributed by atoms with Crippen molar-refractivity contribution in [2.45, 2.75) is 11.3 Å². The minimum atomic E-state index is -4.49. The number of amides is 1. The standard InChI is InChI=1S/C24H19F3N4O2S/c1-33-20-12-5-7-16(13-20)22-29-30-23(31(22)19-10-3-2-4-11-19)34-15-21(32)28-18-9-6-8-17(14-18)24(25,26)27/h2-14H,15H2,1H3,(H,28,32). The molecule has 174 valence electrons. The van der Waals surface area contributed by atoms with Crippen LogP contribution >= 0.6 is 11.8 Å². The molecule has 3 aromatic carbocycles. The van der Waals surface area contributed by atoms with Crippen molar-refractivity contribution < 1.29 is 22.7 Å². The van der Waals surface area contributed by atoms with E-state index in [4.69, 9.17) is 4.74 Å². The van der Waals surface area contributed by atoms with E-state index >= 15 is 0 Å². The lowest BCUT2D eigenvalue weighted by Crippen LogP contribution is -2.15. The van der Waals surface area contributed by atoms with Crippen LogP contribution in [-0.4, -0.2) is 33.5 Å². The lowest BCUT2D eigenvalue weighted by molar-refractivity contribution is -0.137. The first-order valence-electron chi connectivity index (χ1n) is 10.1. The Morgan fingerprint density at radius 1 is 1.00 bits per heavy atom. The Bertz CT molecular complexity index is 1290. The molecule has 1 N–H and O–H groups in total. The van der Waals surface area contributed by atoms with Crippen molar-refractivity contribution in [3.63, 3.8) is 0 Å². The summed E-state index contributed by atoms with van der Waals surface area (Å²) < 4.78 is 45.9. The second-order valence-electron chi connectivity index (χ2n) is 7.12. The Balaban J connectivity index is 1.56. The fourth-order valence-corrected chi connectivity index (χ4v) is 3.97. The number of methoxy groups -OCH3 is 1. The van der Waals surface area contributed by atoms with Crippen molar-refractivity contribution in [2.24, 2.45) is 0 Å². The van der Waals surface area contributed by atoms with E-state index in [2.05, 4.69) is 15.5 Å². The Morgan fingerprint density at radius 2 is 1.76 bits per heavy atom. The largest absolute Gasteiger partial charge is 0.497 e. The van der Waals surface area contributed by atoms with Gasteiger partial charge in [0.05, 0.1) is 18.4 Å². The highest BCUT2D eigenvalue weighted by Gasteiger charge is 2.30. The van der Waals surface area contributed by atoms with Crippen LogP contribution in [0.5, 0.6) is 5.75 Å². The van der Waals surface area contributed by atoms with E-state index in [9.17, 15) is 18.0 Å². The molecule has 10 heteroatoms. The van der Waals surface area contributed by atoms with E-state index < -0.39 is 17.6 Å². The number of halogens is 3. The zero-order chi connectivity index (χ0) is 24.1. The number of nitrogens with one attached hydrogen (secondary N) is 1. The minimum absolute atomic E-state index is 0.0701. The molecule has 1 amide bonds. The van der Waals surface area contributed by atoms with Crippen LogP contribution < -0.4 is 10.1 Å². The van der Waals surface area contributed by atoms with Crippen molar-refractivity contribution in [2.75, 3.05) is 18.2 Å². The summed E-state index contributed by atoms with van der Waals surface area (Å²) in [5, 5.41) is 11.5. The molecular formula is C24H19F3N4O2S. The second kappa shape index (κ2) is 10.0. The number of hydrogen-bond donors (Lipinski definition) is 1. The number of anilines is 1. The molecule has 0 bridgehead atoms. The van der Waals surface area contributed by atoms with Crippen molar-refractivity contribution in [1.29, 1.82) is 0 Å². The topological polar surface area (TPSA) is 69.0 Å². The van der Waals surface area contributed by atoms with E-state index in [1.807, 2.05) is 59.2 Å². The van der Waals surface area contributed by atoms with Gasteiger partial charge < -0.3 is 10.1 Å². The van der Waals surface area contributed by atoms with Gasteiger partial charge in [-0.3, -0.25) is 9.36 Å². The number of hydrogen-bond acceptors (Lipinski definition) is 5. The summed E-state index contributed by atoms with van der Waals surface area (Å²) in [6, 6.07) is 21.3. The van der Waals surface area contributed by atoms with Gasteiger partial charge in [0.25, 0.3) is 0 Å². The molecule has 0 saturated carbocycles. The Labute approximate surface area is 197 Å². The number of aromatic nitrogens is 3. The summed E-state index contributed by atoms with van der Waals surface area (Å²) in [6.07, 6.45) is -4.49. The first-order valence-corrected chi connectivity index (χ1v) is 11.1. The van der Waals surface area contributed by atoms with Crippen LogP contribution in [0.25, 0.3) is 17.1 Å². The number of carbonyl (C=O) groups excluding carboxylic acids is 1. The number of carbonyl (C=O) groups is 1. The molecule has 1 heterocycles. The van der Waals surface area contributed by atoms with E-state index in [1.165, 1.54) is 12.1 Å². The van der Waals surface area contributed by atoms with Gasteiger partial charge in [0.1, 0.15) is 5.75 Å². The SMILES string of the molecule is COc1cccc(-c2nnc(SCC(=O)Nc3cccc(C(F)(F)F)c3)n2-c2ccccc2)c1. The summed E-state index contributed by atoms with van der Waals surface area (Å²) in [5.41, 5.74) is 0.814. The Kier molecular flexibility index (Phi) is 6.87. The van der Waals surface area contributed by atoms with Crippen LogP contribution in [-0.2, 0) is 11.0 Å². The zero-order valence-electron chi connectivity index (χ0n) is 17.9. The fraction of sp³-hybridized carbons (Fsp3) is 0.125. The van der Waals surface area contributed by atoms with E-state index in [0.717, 1.165) is 35.1 Å². The molecule has 0 radical (unpaired) electrons. The highest BCUT2D eigenvalue weighted by Crippen LogP contribution is 2.32. The van der Waals surface area contributed by atoms with Crippen molar-refractivity contribution >= 4 is 23.4 Å². The minimum Gasteiger partial charge on any atom is -0.497 e. The molecular weight excluding hydrogens is 465 g/mol. The smallest absolute Gasteiger partial charge is 0.416 e. The van der Waals surface area contributed by atoms with Gasteiger partial charge in [-0.25, -0.2) is 0 Å². The lowest BCUT2D eigenvalue weighted by Gasteiger charge is -2.11. The lowest BCUT2D eigenvalue weighted by atomic mass is 10.2. The van der Waals surface area contributed by atoms with Gasteiger partial charge >= 0.3 is 6.18 Å². The highest BCUT2D eigenvalue weighted by atomic mass is 32.2. The molecule has 0 aliphatic rings.